The molecule has 0 aromatic heterocycles. The van der Waals surface area contributed by atoms with Crippen LogP contribution in [-0.4, -0.2) is 10.2 Å². The van der Waals surface area contributed by atoms with Gasteiger partial charge in [-0.1, -0.05) is 30.3 Å². The normalized spacial score (nSPS) is 10.7. The lowest BCUT2D eigenvalue weighted by Gasteiger charge is -2.04. The average Bonchev–Trinajstić information content (AvgIpc) is 2.38. The highest BCUT2D eigenvalue weighted by atomic mass is 16.3. The standard InChI is InChI=1S/C16H11O2/c17-15-3-1-2-11(9-15)12-4-5-14-10-16(18)7-6-13(14)8-12/h1-7,9-10,17-18H. The van der Waals surface area contributed by atoms with Crippen LogP contribution in [0.2, 0.25) is 0 Å². The topological polar surface area (TPSA) is 40.5 Å². The van der Waals surface area contributed by atoms with Gasteiger partial charge in [-0.25, -0.2) is 0 Å². The predicted molar refractivity (Wildman–Crippen MR) is 71.5 cm³/mol. The Bertz CT molecular complexity index is 717. The molecular weight excluding hydrogens is 224 g/mol. The molecule has 0 saturated heterocycles. The van der Waals surface area contributed by atoms with Crippen LogP contribution in [-0.2, 0) is 0 Å². The van der Waals surface area contributed by atoms with Crippen molar-refractivity contribution in [1.82, 2.24) is 0 Å². The Labute approximate surface area is 105 Å². The fraction of sp³-hybridized carbons (Fsp3) is 0. The van der Waals surface area contributed by atoms with Gasteiger partial charge in [0, 0.05) is 0 Å². The van der Waals surface area contributed by atoms with E-state index in [2.05, 4.69) is 6.07 Å². The number of fused-ring (bicyclic) bond motifs is 1. The summed E-state index contributed by atoms with van der Waals surface area (Å²) in [6.45, 7) is 0. The van der Waals surface area contributed by atoms with Gasteiger partial charge in [-0.3, -0.25) is 0 Å². The van der Waals surface area contributed by atoms with Gasteiger partial charge in [0.25, 0.3) is 0 Å². The lowest BCUT2D eigenvalue weighted by Crippen LogP contribution is -1.79. The molecule has 2 nitrogen and oxygen atoms in total. The summed E-state index contributed by atoms with van der Waals surface area (Å²) < 4.78 is 0. The smallest absolute Gasteiger partial charge is 0.116 e. The summed E-state index contributed by atoms with van der Waals surface area (Å²) in [6.07, 6.45) is 0. The summed E-state index contributed by atoms with van der Waals surface area (Å²) in [5.74, 6) is 0.493. The molecule has 0 unspecified atom stereocenters. The van der Waals surface area contributed by atoms with Crippen LogP contribution < -0.4 is 0 Å². The van der Waals surface area contributed by atoms with Gasteiger partial charge in [-0.05, 0) is 52.2 Å². The largest absolute Gasteiger partial charge is 0.508 e. The molecule has 87 valence electrons. The van der Waals surface area contributed by atoms with Crippen molar-refractivity contribution in [2.75, 3.05) is 0 Å². The van der Waals surface area contributed by atoms with E-state index in [0.29, 0.717) is 0 Å². The van der Waals surface area contributed by atoms with Crippen molar-refractivity contribution in [3.05, 3.63) is 60.7 Å². The van der Waals surface area contributed by atoms with E-state index in [-0.39, 0.29) is 11.5 Å². The van der Waals surface area contributed by atoms with E-state index in [0.717, 1.165) is 21.9 Å². The van der Waals surface area contributed by atoms with Gasteiger partial charge in [0.15, 0.2) is 0 Å². The fourth-order valence-corrected chi connectivity index (χ4v) is 2.00. The number of phenols is 2. The van der Waals surface area contributed by atoms with Gasteiger partial charge in [-0.15, -0.1) is 0 Å². The number of aromatic hydroxyl groups is 2. The molecule has 1 radical (unpaired) electrons. The van der Waals surface area contributed by atoms with Crippen molar-refractivity contribution >= 4 is 10.8 Å². The number of benzene rings is 3. The molecule has 0 spiro atoms. The monoisotopic (exact) mass is 235 g/mol. The van der Waals surface area contributed by atoms with Crippen LogP contribution in [0.5, 0.6) is 11.5 Å². The van der Waals surface area contributed by atoms with Gasteiger partial charge in [0.1, 0.15) is 11.5 Å². The van der Waals surface area contributed by atoms with Crippen molar-refractivity contribution in [2.45, 2.75) is 0 Å². The van der Waals surface area contributed by atoms with Crippen molar-refractivity contribution in [2.24, 2.45) is 0 Å². The molecule has 0 saturated carbocycles. The van der Waals surface area contributed by atoms with Gasteiger partial charge in [-0.2, -0.15) is 0 Å². The lowest BCUT2D eigenvalue weighted by molar-refractivity contribution is 0.475. The maximum Gasteiger partial charge on any atom is 0.116 e. The highest BCUT2D eigenvalue weighted by Crippen LogP contribution is 2.27. The first kappa shape index (κ1) is 10.7. The molecule has 2 N–H and O–H groups in total. The Balaban J connectivity index is 2.16. The van der Waals surface area contributed by atoms with Gasteiger partial charge < -0.3 is 10.2 Å². The molecule has 0 atom stereocenters. The molecule has 3 aromatic carbocycles. The zero-order valence-electron chi connectivity index (χ0n) is 9.59. The molecule has 2 heteroatoms. The summed E-state index contributed by atoms with van der Waals surface area (Å²) in [5.41, 5.74) is 1.84. The van der Waals surface area contributed by atoms with E-state index < -0.39 is 0 Å². The Morgan fingerprint density at radius 3 is 2.44 bits per heavy atom. The number of hydrogen-bond acceptors (Lipinski definition) is 2. The average molecular weight is 235 g/mol. The highest BCUT2D eigenvalue weighted by molar-refractivity contribution is 5.87. The molecule has 0 heterocycles. The third kappa shape index (κ3) is 1.89. The second kappa shape index (κ2) is 4.08. The minimum atomic E-state index is 0.242. The number of rotatable bonds is 1. The summed E-state index contributed by atoms with van der Waals surface area (Å²) in [5, 5.41) is 20.8. The van der Waals surface area contributed by atoms with E-state index in [1.807, 2.05) is 24.3 Å². The minimum Gasteiger partial charge on any atom is -0.508 e. The van der Waals surface area contributed by atoms with Crippen LogP contribution in [0.4, 0.5) is 0 Å². The lowest BCUT2D eigenvalue weighted by atomic mass is 10.0. The Hall–Kier alpha value is -2.48. The summed E-state index contributed by atoms with van der Waals surface area (Å²) in [7, 11) is 0. The van der Waals surface area contributed by atoms with Crippen LogP contribution >= 0.6 is 0 Å². The summed E-state index contributed by atoms with van der Waals surface area (Å²) >= 11 is 0. The number of hydrogen-bond donors (Lipinski definition) is 2. The van der Waals surface area contributed by atoms with E-state index >= 15 is 0 Å². The Morgan fingerprint density at radius 2 is 1.61 bits per heavy atom. The predicted octanol–water partition coefficient (Wildman–Crippen LogP) is 3.72. The second-order valence-electron chi connectivity index (χ2n) is 4.19. The molecule has 18 heavy (non-hydrogen) atoms. The first-order valence-corrected chi connectivity index (χ1v) is 5.67. The van der Waals surface area contributed by atoms with Gasteiger partial charge >= 0.3 is 0 Å². The quantitative estimate of drug-likeness (QED) is 0.674. The van der Waals surface area contributed by atoms with Crippen molar-refractivity contribution < 1.29 is 10.2 Å². The fourth-order valence-electron chi connectivity index (χ4n) is 2.00. The number of phenolic OH excluding ortho intramolecular Hbond substituents is 2. The van der Waals surface area contributed by atoms with Crippen LogP contribution in [0.15, 0.2) is 54.6 Å². The van der Waals surface area contributed by atoms with Crippen molar-refractivity contribution in [3.63, 3.8) is 0 Å². The molecule has 0 aliphatic carbocycles. The van der Waals surface area contributed by atoms with Crippen molar-refractivity contribution in [3.8, 4) is 22.6 Å². The summed E-state index contributed by atoms with van der Waals surface area (Å²) in [4.78, 5) is 0. The molecule has 0 amide bonds. The van der Waals surface area contributed by atoms with Crippen LogP contribution in [0.1, 0.15) is 0 Å². The Morgan fingerprint density at radius 1 is 0.778 bits per heavy atom. The zero-order chi connectivity index (χ0) is 12.5. The SMILES string of the molecule is Oc1cccc(-c2[c]c3ccc(O)cc3cc2)c1. The Kier molecular flexibility index (Phi) is 2.41. The maximum absolute atomic E-state index is 9.48. The van der Waals surface area contributed by atoms with Crippen LogP contribution in [0.3, 0.4) is 0 Å². The van der Waals surface area contributed by atoms with Crippen molar-refractivity contribution in [1.29, 1.82) is 0 Å². The summed E-state index contributed by atoms with van der Waals surface area (Å²) in [6, 6.07) is 19.4. The van der Waals surface area contributed by atoms with Gasteiger partial charge in [0.05, 0.1) is 0 Å². The van der Waals surface area contributed by atoms with Crippen LogP contribution in [0, 0.1) is 6.07 Å². The maximum atomic E-state index is 9.48. The third-order valence-electron chi connectivity index (χ3n) is 2.89. The van der Waals surface area contributed by atoms with Gasteiger partial charge in [0.2, 0.25) is 0 Å². The molecule has 0 bridgehead atoms. The zero-order valence-corrected chi connectivity index (χ0v) is 9.59. The molecule has 3 rings (SSSR count). The second-order valence-corrected chi connectivity index (χ2v) is 4.19. The van der Waals surface area contributed by atoms with E-state index in [9.17, 15) is 10.2 Å². The molecule has 0 aliphatic rings. The third-order valence-corrected chi connectivity index (χ3v) is 2.89. The van der Waals surface area contributed by atoms with E-state index in [1.165, 1.54) is 0 Å². The van der Waals surface area contributed by atoms with E-state index in [1.54, 1.807) is 30.3 Å². The molecule has 3 aromatic rings. The highest BCUT2D eigenvalue weighted by Gasteiger charge is 2.02. The minimum absolute atomic E-state index is 0.242. The first-order chi connectivity index (χ1) is 8.72. The van der Waals surface area contributed by atoms with E-state index in [4.69, 9.17) is 0 Å². The first-order valence-electron chi connectivity index (χ1n) is 5.67. The van der Waals surface area contributed by atoms with Crippen LogP contribution in [0.25, 0.3) is 21.9 Å². The molecule has 0 fully saturated rings. The molecule has 0 aliphatic heterocycles. The molecular formula is C16H11O2.